The van der Waals surface area contributed by atoms with Gasteiger partial charge in [0.15, 0.2) is 0 Å². The lowest BCUT2D eigenvalue weighted by Crippen LogP contribution is -2.40. The summed E-state index contributed by atoms with van der Waals surface area (Å²) in [6.45, 7) is 3.16. The Morgan fingerprint density at radius 2 is 2.29 bits per heavy atom. The van der Waals surface area contributed by atoms with E-state index in [1.54, 1.807) is 4.40 Å². The lowest BCUT2D eigenvalue weighted by atomic mass is 10.2. The highest BCUT2D eigenvalue weighted by Gasteiger charge is 2.29. The largest absolute Gasteiger partial charge is 0.368 e. The van der Waals surface area contributed by atoms with Gasteiger partial charge in [-0.25, -0.2) is 4.98 Å². The summed E-state index contributed by atoms with van der Waals surface area (Å²) >= 11 is 0. The van der Waals surface area contributed by atoms with Crippen molar-refractivity contribution < 1.29 is 4.79 Å². The number of pyridine rings is 1. The molecule has 110 valence electrons. The van der Waals surface area contributed by atoms with E-state index in [-0.39, 0.29) is 17.5 Å². The zero-order valence-electron chi connectivity index (χ0n) is 12.0. The molecule has 0 aromatic carbocycles. The van der Waals surface area contributed by atoms with Crippen molar-refractivity contribution in [3.05, 3.63) is 46.0 Å². The second-order valence-corrected chi connectivity index (χ2v) is 5.48. The van der Waals surface area contributed by atoms with Crippen molar-refractivity contribution >= 4 is 11.6 Å². The number of hydrogen-bond acceptors (Lipinski definition) is 4. The van der Waals surface area contributed by atoms with Gasteiger partial charge in [0.2, 0.25) is 5.91 Å². The molecule has 2 N–H and O–H groups in total. The van der Waals surface area contributed by atoms with Crippen molar-refractivity contribution in [2.45, 2.75) is 32.4 Å². The summed E-state index contributed by atoms with van der Waals surface area (Å²) in [6, 6.07) is 6.86. The summed E-state index contributed by atoms with van der Waals surface area (Å²) in [7, 11) is 0. The highest BCUT2D eigenvalue weighted by molar-refractivity contribution is 5.80. The van der Waals surface area contributed by atoms with Crippen molar-refractivity contribution in [1.29, 1.82) is 0 Å². The molecule has 21 heavy (non-hydrogen) atoms. The molecule has 2 aromatic rings. The van der Waals surface area contributed by atoms with Gasteiger partial charge in [-0.1, -0.05) is 6.07 Å². The van der Waals surface area contributed by atoms with Gasteiger partial charge in [-0.15, -0.1) is 0 Å². The first-order chi connectivity index (χ1) is 10.1. The molecule has 1 fully saturated rings. The number of likely N-dealkylation sites (tertiary alicyclic amines) is 1. The van der Waals surface area contributed by atoms with E-state index in [4.69, 9.17) is 5.73 Å². The Balaban J connectivity index is 1.95. The summed E-state index contributed by atoms with van der Waals surface area (Å²) in [5.41, 5.74) is 7.49. The van der Waals surface area contributed by atoms with Crippen molar-refractivity contribution in [3.8, 4) is 0 Å². The molecule has 6 heteroatoms. The summed E-state index contributed by atoms with van der Waals surface area (Å²) < 4.78 is 1.58. The average molecular weight is 286 g/mol. The van der Waals surface area contributed by atoms with Crippen LogP contribution in [0.2, 0.25) is 0 Å². The third-order valence-corrected chi connectivity index (χ3v) is 3.99. The number of carbonyl (C=O) groups is 1. The minimum absolute atomic E-state index is 0.0945. The van der Waals surface area contributed by atoms with E-state index in [1.165, 1.54) is 6.07 Å². The molecule has 6 nitrogen and oxygen atoms in total. The topological polar surface area (TPSA) is 80.7 Å². The van der Waals surface area contributed by atoms with Crippen LogP contribution >= 0.6 is 0 Å². The fourth-order valence-corrected chi connectivity index (χ4v) is 2.99. The monoisotopic (exact) mass is 286 g/mol. The minimum Gasteiger partial charge on any atom is -0.368 e. The van der Waals surface area contributed by atoms with E-state index < -0.39 is 0 Å². The standard InChI is InChI=1S/C15H18N4O2/c1-10-4-2-6-13-17-11(8-14(20)19(10)13)9-18-7-3-5-12(18)15(16)21/h2,4,6,8,12H,3,5,7,9H2,1H3,(H2,16,21)/t12-/m1/s1. The normalized spacial score (nSPS) is 19.2. The Labute approximate surface area is 122 Å². The van der Waals surface area contributed by atoms with Gasteiger partial charge < -0.3 is 5.73 Å². The molecule has 0 saturated carbocycles. The lowest BCUT2D eigenvalue weighted by molar-refractivity contribution is -0.122. The highest BCUT2D eigenvalue weighted by Crippen LogP contribution is 2.19. The number of nitrogens with two attached hydrogens (primary N) is 1. The first-order valence-electron chi connectivity index (χ1n) is 7.08. The molecule has 1 aliphatic rings. The Hall–Kier alpha value is -2.21. The van der Waals surface area contributed by atoms with E-state index in [0.29, 0.717) is 17.9 Å². The highest BCUT2D eigenvalue weighted by atomic mass is 16.1. The summed E-state index contributed by atoms with van der Waals surface area (Å²) in [6.07, 6.45) is 1.72. The van der Waals surface area contributed by atoms with Crippen LogP contribution in [0.5, 0.6) is 0 Å². The van der Waals surface area contributed by atoms with Gasteiger partial charge in [0, 0.05) is 18.3 Å². The van der Waals surface area contributed by atoms with Gasteiger partial charge in [-0.3, -0.25) is 18.9 Å². The van der Waals surface area contributed by atoms with Crippen molar-refractivity contribution in [3.63, 3.8) is 0 Å². The molecular formula is C15H18N4O2. The van der Waals surface area contributed by atoms with Crippen molar-refractivity contribution in [2.75, 3.05) is 6.54 Å². The van der Waals surface area contributed by atoms with E-state index in [9.17, 15) is 9.59 Å². The minimum atomic E-state index is -0.305. The van der Waals surface area contributed by atoms with Crippen LogP contribution in [-0.2, 0) is 11.3 Å². The van der Waals surface area contributed by atoms with Gasteiger partial charge in [0.25, 0.3) is 5.56 Å². The van der Waals surface area contributed by atoms with Crippen LogP contribution in [0, 0.1) is 6.92 Å². The van der Waals surface area contributed by atoms with Gasteiger partial charge >= 0.3 is 0 Å². The summed E-state index contributed by atoms with van der Waals surface area (Å²) in [5.74, 6) is -0.305. The Kier molecular flexibility index (Phi) is 3.47. The molecule has 0 bridgehead atoms. The number of fused-ring (bicyclic) bond motifs is 1. The number of aromatic nitrogens is 2. The quantitative estimate of drug-likeness (QED) is 0.888. The van der Waals surface area contributed by atoms with Gasteiger partial charge in [0.05, 0.1) is 11.7 Å². The molecule has 1 saturated heterocycles. The van der Waals surface area contributed by atoms with Crippen LogP contribution in [0.1, 0.15) is 24.2 Å². The third kappa shape index (κ3) is 2.54. The molecule has 3 rings (SSSR count). The van der Waals surface area contributed by atoms with Gasteiger partial charge in [-0.05, 0) is 38.4 Å². The number of amides is 1. The van der Waals surface area contributed by atoms with E-state index in [2.05, 4.69) is 4.98 Å². The molecule has 1 aliphatic heterocycles. The van der Waals surface area contributed by atoms with Crippen LogP contribution in [0.3, 0.4) is 0 Å². The first-order valence-corrected chi connectivity index (χ1v) is 7.08. The van der Waals surface area contributed by atoms with Crippen LogP contribution < -0.4 is 11.3 Å². The molecule has 2 aromatic heterocycles. The summed E-state index contributed by atoms with van der Waals surface area (Å²) in [5, 5.41) is 0. The van der Waals surface area contributed by atoms with Crippen molar-refractivity contribution in [2.24, 2.45) is 5.73 Å². The number of rotatable bonds is 3. The predicted octanol–water partition coefficient (Wildman–Crippen LogP) is 0.453. The maximum Gasteiger partial charge on any atom is 0.258 e. The van der Waals surface area contributed by atoms with Gasteiger partial charge in [-0.2, -0.15) is 0 Å². The number of aryl methyl sites for hydroxylation is 1. The summed E-state index contributed by atoms with van der Waals surface area (Å²) in [4.78, 5) is 30.2. The van der Waals surface area contributed by atoms with E-state index in [1.807, 2.05) is 30.0 Å². The zero-order chi connectivity index (χ0) is 15.0. The lowest BCUT2D eigenvalue weighted by Gasteiger charge is -2.21. The molecule has 1 atom stereocenters. The molecule has 0 spiro atoms. The average Bonchev–Trinajstić information content (AvgIpc) is 2.86. The molecule has 0 unspecified atom stereocenters. The zero-order valence-corrected chi connectivity index (χ0v) is 12.0. The SMILES string of the molecule is Cc1cccc2nc(CN3CCC[C@@H]3C(N)=O)cc(=O)n12. The fraction of sp³-hybridized carbons (Fsp3) is 0.400. The maximum absolute atomic E-state index is 12.2. The number of hydrogen-bond donors (Lipinski definition) is 1. The van der Waals surface area contributed by atoms with Crippen LogP contribution in [0.15, 0.2) is 29.1 Å². The molecule has 0 radical (unpaired) electrons. The Morgan fingerprint density at radius 1 is 1.48 bits per heavy atom. The van der Waals surface area contributed by atoms with Crippen LogP contribution in [-0.4, -0.2) is 32.8 Å². The van der Waals surface area contributed by atoms with E-state index in [0.717, 1.165) is 25.1 Å². The molecular weight excluding hydrogens is 268 g/mol. The Morgan fingerprint density at radius 3 is 3.05 bits per heavy atom. The van der Waals surface area contributed by atoms with Crippen LogP contribution in [0.25, 0.3) is 5.65 Å². The predicted molar refractivity (Wildman–Crippen MR) is 78.8 cm³/mol. The van der Waals surface area contributed by atoms with E-state index >= 15 is 0 Å². The maximum atomic E-state index is 12.2. The first kappa shape index (κ1) is 13.8. The van der Waals surface area contributed by atoms with Crippen LogP contribution in [0.4, 0.5) is 0 Å². The number of carbonyl (C=O) groups excluding carboxylic acids is 1. The second-order valence-electron chi connectivity index (χ2n) is 5.48. The smallest absolute Gasteiger partial charge is 0.258 e. The Bertz CT molecular complexity index is 753. The number of nitrogens with zero attached hydrogens (tertiary/aromatic N) is 3. The molecule has 1 amide bonds. The molecule has 3 heterocycles. The number of primary amides is 1. The third-order valence-electron chi connectivity index (χ3n) is 3.99. The second kappa shape index (κ2) is 5.29. The fourth-order valence-electron chi connectivity index (χ4n) is 2.99. The molecule has 0 aliphatic carbocycles. The van der Waals surface area contributed by atoms with Crippen molar-refractivity contribution in [1.82, 2.24) is 14.3 Å². The van der Waals surface area contributed by atoms with Gasteiger partial charge in [0.1, 0.15) is 5.65 Å².